The number of carbonyl (C=O) groups excluding carboxylic acids is 1. The number of rotatable bonds is 6. The number of aromatic nitrogens is 3. The van der Waals surface area contributed by atoms with E-state index in [0.29, 0.717) is 31.0 Å². The van der Waals surface area contributed by atoms with Gasteiger partial charge < -0.3 is 18.9 Å². The predicted molar refractivity (Wildman–Crippen MR) is 130 cm³/mol. The fourth-order valence-corrected chi connectivity index (χ4v) is 4.43. The van der Waals surface area contributed by atoms with Crippen LogP contribution in [-0.4, -0.2) is 39.4 Å². The van der Waals surface area contributed by atoms with E-state index < -0.39 is 0 Å². The molecule has 1 aliphatic rings. The van der Waals surface area contributed by atoms with Crippen LogP contribution >= 0.6 is 0 Å². The number of carbonyl (C=O) groups is 1. The van der Waals surface area contributed by atoms with E-state index in [1.54, 1.807) is 14.2 Å². The van der Waals surface area contributed by atoms with Gasteiger partial charge in [-0.2, -0.15) is 5.10 Å². The van der Waals surface area contributed by atoms with Crippen LogP contribution in [0.15, 0.2) is 60.9 Å². The van der Waals surface area contributed by atoms with Crippen molar-refractivity contribution in [3.63, 3.8) is 0 Å². The molecule has 0 saturated heterocycles. The largest absolute Gasteiger partial charge is 0.493 e. The molecule has 0 atom stereocenters. The van der Waals surface area contributed by atoms with Gasteiger partial charge in [-0.1, -0.05) is 12.1 Å². The molecule has 34 heavy (non-hydrogen) atoms. The molecule has 7 heteroatoms. The molecule has 3 heterocycles. The van der Waals surface area contributed by atoms with Crippen LogP contribution in [0.5, 0.6) is 11.5 Å². The third kappa shape index (κ3) is 3.83. The molecule has 0 saturated carbocycles. The van der Waals surface area contributed by atoms with Crippen LogP contribution in [0.25, 0.3) is 11.5 Å². The average Bonchev–Trinajstić information content (AvgIpc) is 3.57. The summed E-state index contributed by atoms with van der Waals surface area (Å²) in [5, 5.41) is 4.94. The molecule has 0 unspecified atom stereocenters. The molecule has 0 fully saturated rings. The van der Waals surface area contributed by atoms with Gasteiger partial charge in [0.25, 0.3) is 0 Å². The maximum absolute atomic E-state index is 13.2. The molecule has 0 aliphatic carbocycles. The summed E-state index contributed by atoms with van der Waals surface area (Å²) in [6.07, 6.45) is 4.33. The van der Waals surface area contributed by atoms with Gasteiger partial charge in [0, 0.05) is 18.0 Å². The Hall–Kier alpha value is -4.00. The maximum Gasteiger partial charge on any atom is 0.227 e. The van der Waals surface area contributed by atoms with Crippen LogP contribution in [-0.2, 0) is 24.3 Å². The summed E-state index contributed by atoms with van der Waals surface area (Å²) in [5.74, 6) is 2.31. The second-order valence-corrected chi connectivity index (χ2v) is 8.64. The van der Waals surface area contributed by atoms with Crippen LogP contribution in [0, 0.1) is 13.8 Å². The highest BCUT2D eigenvalue weighted by molar-refractivity contribution is 5.80. The smallest absolute Gasteiger partial charge is 0.227 e. The van der Waals surface area contributed by atoms with E-state index in [9.17, 15) is 4.79 Å². The van der Waals surface area contributed by atoms with Crippen molar-refractivity contribution in [3.05, 3.63) is 88.9 Å². The third-order valence-electron chi connectivity index (χ3n) is 6.47. The lowest BCUT2D eigenvalue weighted by Crippen LogP contribution is -2.28. The fraction of sp³-hybridized carbons (Fsp3) is 0.259. The van der Waals surface area contributed by atoms with Gasteiger partial charge in [0.15, 0.2) is 11.5 Å². The topological polar surface area (TPSA) is 61.5 Å². The van der Waals surface area contributed by atoms with Crippen molar-refractivity contribution in [3.8, 4) is 23.0 Å². The summed E-state index contributed by atoms with van der Waals surface area (Å²) in [4.78, 5) is 15.0. The van der Waals surface area contributed by atoms with Crippen LogP contribution in [0.3, 0.4) is 0 Å². The Labute approximate surface area is 199 Å². The first kappa shape index (κ1) is 21.8. The normalized spacial score (nSPS) is 12.6. The fourth-order valence-electron chi connectivity index (χ4n) is 4.43. The first-order valence-corrected chi connectivity index (χ1v) is 11.3. The minimum absolute atomic E-state index is 0.0569. The van der Waals surface area contributed by atoms with Gasteiger partial charge in [0.05, 0.1) is 45.1 Å². The van der Waals surface area contributed by atoms with Crippen LogP contribution in [0.4, 0.5) is 0 Å². The molecular formula is C27H28N4O3. The van der Waals surface area contributed by atoms with Crippen molar-refractivity contribution in [1.82, 2.24) is 19.2 Å². The molecule has 174 valence electrons. The summed E-state index contributed by atoms with van der Waals surface area (Å²) in [5.41, 5.74) is 6.39. The van der Waals surface area contributed by atoms with Gasteiger partial charge in [-0.3, -0.25) is 4.79 Å². The Morgan fingerprint density at radius 3 is 2.41 bits per heavy atom. The van der Waals surface area contributed by atoms with E-state index >= 15 is 0 Å². The highest BCUT2D eigenvalue weighted by Gasteiger charge is 2.31. The van der Waals surface area contributed by atoms with Crippen molar-refractivity contribution in [2.75, 3.05) is 14.2 Å². The summed E-state index contributed by atoms with van der Waals surface area (Å²) in [7, 11) is 3.20. The number of hydrogen-bond acceptors (Lipinski definition) is 4. The Bertz CT molecular complexity index is 1350. The maximum atomic E-state index is 13.2. The molecule has 1 aliphatic heterocycles. The lowest BCUT2D eigenvalue weighted by Gasteiger charge is -2.18. The first-order valence-electron chi connectivity index (χ1n) is 11.3. The third-order valence-corrected chi connectivity index (χ3v) is 6.47. The minimum Gasteiger partial charge on any atom is -0.493 e. The second kappa shape index (κ2) is 8.74. The van der Waals surface area contributed by atoms with Gasteiger partial charge in [-0.25, -0.2) is 4.68 Å². The van der Waals surface area contributed by atoms with E-state index in [4.69, 9.17) is 14.6 Å². The summed E-state index contributed by atoms with van der Waals surface area (Å²) < 4.78 is 14.8. The Balaban J connectivity index is 1.43. The monoisotopic (exact) mass is 456 g/mol. The van der Waals surface area contributed by atoms with Crippen molar-refractivity contribution >= 4 is 5.91 Å². The zero-order chi connectivity index (χ0) is 23.8. The number of hydrogen-bond donors (Lipinski definition) is 0. The summed E-state index contributed by atoms with van der Waals surface area (Å²) in [6, 6.07) is 16.0. The van der Waals surface area contributed by atoms with Crippen LogP contribution in [0.2, 0.25) is 0 Å². The summed E-state index contributed by atoms with van der Waals surface area (Å²) in [6.45, 7) is 5.24. The first-order chi connectivity index (χ1) is 16.5. The lowest BCUT2D eigenvalue weighted by atomic mass is 10.1. The molecule has 2 aromatic carbocycles. The highest BCUT2D eigenvalue weighted by Crippen LogP contribution is 2.32. The SMILES string of the molecule is COc1ccc(CC(=O)N2Cc3nn(-c4ccc(C)c(C)c4)c(-n4cccc4)c3C2)cc1OC. The molecule has 7 nitrogen and oxygen atoms in total. The Morgan fingerprint density at radius 2 is 1.71 bits per heavy atom. The number of methoxy groups -OCH3 is 2. The molecule has 2 aromatic heterocycles. The van der Waals surface area contributed by atoms with E-state index in [-0.39, 0.29) is 5.91 Å². The molecule has 0 spiro atoms. The number of nitrogens with zero attached hydrogens (tertiary/aromatic N) is 4. The second-order valence-electron chi connectivity index (χ2n) is 8.64. The quantitative estimate of drug-likeness (QED) is 0.432. The summed E-state index contributed by atoms with van der Waals surface area (Å²) >= 11 is 0. The molecule has 4 aromatic rings. The molecule has 0 bridgehead atoms. The number of benzene rings is 2. The number of aryl methyl sites for hydroxylation is 2. The van der Waals surface area contributed by atoms with Crippen molar-refractivity contribution in [1.29, 1.82) is 0 Å². The minimum atomic E-state index is 0.0569. The highest BCUT2D eigenvalue weighted by atomic mass is 16.5. The average molecular weight is 457 g/mol. The van der Waals surface area contributed by atoms with Gasteiger partial charge >= 0.3 is 0 Å². The van der Waals surface area contributed by atoms with E-state index in [2.05, 4.69) is 36.6 Å². The standard InChI is InChI=1S/C27H28N4O3/c1-18-7-9-21(13-19(18)2)31-27(29-11-5-6-12-29)22-16-30(17-23(22)28-31)26(32)15-20-8-10-24(33-3)25(14-20)34-4/h5-14H,15-17H2,1-4H3. The molecule has 0 radical (unpaired) electrons. The zero-order valence-electron chi connectivity index (χ0n) is 19.9. The van der Waals surface area contributed by atoms with Gasteiger partial charge in [-0.15, -0.1) is 0 Å². The van der Waals surface area contributed by atoms with E-state index in [0.717, 1.165) is 28.3 Å². The van der Waals surface area contributed by atoms with Crippen LogP contribution in [0.1, 0.15) is 27.9 Å². The van der Waals surface area contributed by atoms with Crippen molar-refractivity contribution in [2.45, 2.75) is 33.4 Å². The van der Waals surface area contributed by atoms with E-state index in [1.165, 1.54) is 11.1 Å². The van der Waals surface area contributed by atoms with Crippen molar-refractivity contribution < 1.29 is 14.3 Å². The number of fused-ring (bicyclic) bond motifs is 1. The van der Waals surface area contributed by atoms with Crippen molar-refractivity contribution in [2.24, 2.45) is 0 Å². The molecule has 1 amide bonds. The molecular weight excluding hydrogens is 428 g/mol. The zero-order valence-corrected chi connectivity index (χ0v) is 19.9. The predicted octanol–water partition coefficient (Wildman–Crippen LogP) is 4.38. The van der Waals surface area contributed by atoms with Gasteiger partial charge in [-0.05, 0) is 66.9 Å². The Kier molecular flexibility index (Phi) is 5.61. The van der Waals surface area contributed by atoms with Gasteiger partial charge in [0.2, 0.25) is 5.91 Å². The van der Waals surface area contributed by atoms with E-state index in [1.807, 2.05) is 52.3 Å². The van der Waals surface area contributed by atoms with Gasteiger partial charge in [0.1, 0.15) is 5.82 Å². The number of ether oxygens (including phenoxy) is 2. The lowest BCUT2D eigenvalue weighted by molar-refractivity contribution is -0.131. The van der Waals surface area contributed by atoms with Crippen LogP contribution < -0.4 is 9.47 Å². The molecule has 0 N–H and O–H groups in total. The molecule has 5 rings (SSSR count). The number of amides is 1. The Morgan fingerprint density at radius 1 is 0.941 bits per heavy atom.